The van der Waals surface area contributed by atoms with Crippen molar-refractivity contribution < 1.29 is 27.8 Å². The maximum atomic E-state index is 14.3. The Hall–Kier alpha value is -3.96. The highest BCUT2D eigenvalue weighted by molar-refractivity contribution is 7.99. The van der Waals surface area contributed by atoms with E-state index in [0.29, 0.717) is 23.7 Å². The first-order valence-corrected chi connectivity index (χ1v) is 17.5. The number of nitrogens with zero attached hydrogens (tertiary/aromatic N) is 3. The van der Waals surface area contributed by atoms with Crippen molar-refractivity contribution in [2.45, 2.75) is 35.6 Å². The van der Waals surface area contributed by atoms with Crippen LogP contribution < -0.4 is 9.64 Å². The highest BCUT2D eigenvalue weighted by Crippen LogP contribution is 2.48. The third-order valence-corrected chi connectivity index (χ3v) is 10.6. The van der Waals surface area contributed by atoms with Gasteiger partial charge in [0.25, 0.3) is 5.91 Å². The fourth-order valence-corrected chi connectivity index (χ4v) is 8.16. The fraction of sp³-hybridized carbons (Fsp3) is 0.316. The fourth-order valence-electron chi connectivity index (χ4n) is 6.57. The molecular weight excluding hydrogens is 668 g/mol. The maximum Gasteiger partial charge on any atom is 0.303 e. The third kappa shape index (κ3) is 8.27. The number of thioether (sulfide) groups is 1. The van der Waals surface area contributed by atoms with Crippen LogP contribution >= 0.6 is 23.4 Å². The lowest BCUT2D eigenvalue weighted by atomic mass is 9.96. The Kier molecular flexibility index (Phi) is 11.2. The van der Waals surface area contributed by atoms with E-state index in [4.69, 9.17) is 21.1 Å². The van der Waals surface area contributed by atoms with Crippen LogP contribution in [-0.4, -0.2) is 74.2 Å². The lowest BCUT2D eigenvalue weighted by Crippen LogP contribution is -2.48. The van der Waals surface area contributed by atoms with Crippen LogP contribution in [0, 0.1) is 11.6 Å². The summed E-state index contributed by atoms with van der Waals surface area (Å²) in [4.78, 5) is 33.8. The van der Waals surface area contributed by atoms with Crippen molar-refractivity contribution >= 4 is 40.9 Å². The van der Waals surface area contributed by atoms with E-state index in [2.05, 4.69) is 9.80 Å². The average Bonchev–Trinajstić information content (AvgIpc) is 3.21. The standard InChI is InChI=1S/C38H38ClF2N3O4S/c1-25(45)48-36-37(28-8-15-32(47-2)16-9-28)49-34-24-29(39)10-17-33(34)44(38(36)46)19-3-18-42-20-22-43(23-21-42)35(26-4-11-30(40)12-5-26)27-6-13-31(41)14-7-27/h4-17,24,35-37H,3,18-23H2,1-2H3. The smallest absolute Gasteiger partial charge is 0.303 e. The number of hydrogen-bond acceptors (Lipinski definition) is 7. The molecule has 0 bridgehead atoms. The largest absolute Gasteiger partial charge is 0.497 e. The zero-order valence-corrected chi connectivity index (χ0v) is 28.9. The van der Waals surface area contributed by atoms with Crippen molar-refractivity contribution in [3.63, 3.8) is 0 Å². The van der Waals surface area contributed by atoms with Gasteiger partial charge in [0.2, 0.25) is 0 Å². The molecule has 0 saturated carbocycles. The molecule has 256 valence electrons. The summed E-state index contributed by atoms with van der Waals surface area (Å²) >= 11 is 7.89. The minimum absolute atomic E-state index is 0.129. The number of anilines is 1. The van der Waals surface area contributed by atoms with Crippen LogP contribution in [0.25, 0.3) is 0 Å². The number of benzene rings is 4. The first-order valence-electron chi connectivity index (χ1n) is 16.3. The second-order valence-corrected chi connectivity index (χ2v) is 13.8. The molecule has 0 aliphatic carbocycles. The number of hydrogen-bond donors (Lipinski definition) is 0. The van der Waals surface area contributed by atoms with Crippen LogP contribution in [0.5, 0.6) is 5.75 Å². The summed E-state index contributed by atoms with van der Waals surface area (Å²) in [6.07, 6.45) is -0.349. The summed E-state index contributed by atoms with van der Waals surface area (Å²) in [5.41, 5.74) is 3.47. The summed E-state index contributed by atoms with van der Waals surface area (Å²) < 4.78 is 38.6. The van der Waals surface area contributed by atoms with Crippen LogP contribution in [-0.2, 0) is 14.3 Å². The van der Waals surface area contributed by atoms with Gasteiger partial charge in [0, 0.05) is 49.6 Å². The summed E-state index contributed by atoms with van der Waals surface area (Å²) in [5, 5.41) is 0.0586. The average molecular weight is 706 g/mol. The predicted octanol–water partition coefficient (Wildman–Crippen LogP) is 7.54. The lowest BCUT2D eigenvalue weighted by Gasteiger charge is -2.40. The molecule has 0 spiro atoms. The predicted molar refractivity (Wildman–Crippen MR) is 188 cm³/mol. The lowest BCUT2D eigenvalue weighted by molar-refractivity contribution is -0.152. The van der Waals surface area contributed by atoms with Crippen LogP contribution in [0.4, 0.5) is 14.5 Å². The number of ether oxygens (including phenoxy) is 2. The number of halogens is 3. The van der Waals surface area contributed by atoms with Gasteiger partial charge in [0.1, 0.15) is 17.4 Å². The Morgan fingerprint density at radius 1 is 0.878 bits per heavy atom. The molecule has 1 amide bonds. The summed E-state index contributed by atoms with van der Waals surface area (Å²) in [5.74, 6) is -0.720. The van der Waals surface area contributed by atoms with E-state index in [-0.39, 0.29) is 23.6 Å². The highest BCUT2D eigenvalue weighted by atomic mass is 35.5. The zero-order valence-electron chi connectivity index (χ0n) is 27.4. The Bertz CT molecular complexity index is 1710. The molecule has 0 N–H and O–H groups in total. The van der Waals surface area contributed by atoms with Gasteiger partial charge < -0.3 is 19.3 Å². The highest BCUT2D eigenvalue weighted by Gasteiger charge is 2.41. The second-order valence-electron chi connectivity index (χ2n) is 12.2. The number of esters is 1. The number of piperazine rings is 1. The number of methoxy groups -OCH3 is 1. The summed E-state index contributed by atoms with van der Waals surface area (Å²) in [6.45, 7) is 5.62. The molecule has 7 nitrogen and oxygen atoms in total. The Morgan fingerprint density at radius 2 is 1.49 bits per heavy atom. The number of carbonyl (C=O) groups excluding carboxylic acids is 2. The van der Waals surface area contributed by atoms with E-state index in [1.54, 1.807) is 42.3 Å². The van der Waals surface area contributed by atoms with Crippen LogP contribution in [0.3, 0.4) is 0 Å². The van der Waals surface area contributed by atoms with Crippen molar-refractivity contribution in [3.8, 4) is 5.75 Å². The molecule has 2 aliphatic heterocycles. The van der Waals surface area contributed by atoms with E-state index >= 15 is 0 Å². The monoisotopic (exact) mass is 705 g/mol. The number of amides is 1. The van der Waals surface area contributed by atoms with Gasteiger partial charge >= 0.3 is 5.97 Å². The van der Waals surface area contributed by atoms with E-state index in [0.717, 1.165) is 60.0 Å². The molecule has 2 atom stereocenters. The third-order valence-electron chi connectivity index (χ3n) is 8.99. The van der Waals surface area contributed by atoms with Gasteiger partial charge in [-0.3, -0.25) is 14.5 Å². The van der Waals surface area contributed by atoms with Crippen molar-refractivity contribution in [2.24, 2.45) is 0 Å². The first-order chi connectivity index (χ1) is 23.7. The Labute approximate surface area is 294 Å². The number of carbonyl (C=O) groups is 2. The van der Waals surface area contributed by atoms with Crippen LogP contribution in [0.2, 0.25) is 5.02 Å². The molecule has 11 heteroatoms. The van der Waals surface area contributed by atoms with Crippen LogP contribution in [0.15, 0.2) is 95.9 Å². The van der Waals surface area contributed by atoms with Crippen LogP contribution in [0.1, 0.15) is 41.3 Å². The summed E-state index contributed by atoms with van der Waals surface area (Å²) in [7, 11) is 1.59. The van der Waals surface area contributed by atoms with Gasteiger partial charge in [0.05, 0.1) is 24.1 Å². The van der Waals surface area contributed by atoms with E-state index in [1.165, 1.54) is 43.0 Å². The van der Waals surface area contributed by atoms with E-state index in [1.807, 2.05) is 36.4 Å². The molecule has 2 aliphatic rings. The number of rotatable bonds is 10. The molecule has 0 aromatic heterocycles. The maximum absolute atomic E-state index is 14.3. The molecule has 6 rings (SSSR count). The molecule has 1 fully saturated rings. The molecule has 49 heavy (non-hydrogen) atoms. The van der Waals surface area contributed by atoms with Gasteiger partial charge in [-0.1, -0.05) is 48.0 Å². The topological polar surface area (TPSA) is 62.3 Å². The van der Waals surface area contributed by atoms with Gasteiger partial charge in [-0.15, -0.1) is 11.8 Å². The molecule has 4 aromatic rings. The minimum Gasteiger partial charge on any atom is -0.497 e. The molecule has 0 radical (unpaired) electrons. The normalized spacial score (nSPS) is 18.7. The van der Waals surface area contributed by atoms with Gasteiger partial charge in [-0.2, -0.15) is 0 Å². The molecular formula is C38H38ClF2N3O4S. The zero-order chi connectivity index (χ0) is 34.5. The van der Waals surface area contributed by atoms with Crippen molar-refractivity contribution in [3.05, 3.63) is 124 Å². The Balaban J connectivity index is 1.16. The van der Waals surface area contributed by atoms with E-state index < -0.39 is 17.3 Å². The summed E-state index contributed by atoms with van der Waals surface area (Å²) in [6, 6.07) is 25.8. The molecule has 4 aromatic carbocycles. The minimum atomic E-state index is -1.04. The first kappa shape index (κ1) is 34.9. The van der Waals surface area contributed by atoms with Crippen molar-refractivity contribution in [1.29, 1.82) is 0 Å². The van der Waals surface area contributed by atoms with Gasteiger partial charge in [-0.25, -0.2) is 8.78 Å². The van der Waals surface area contributed by atoms with Crippen molar-refractivity contribution in [2.75, 3.05) is 51.3 Å². The SMILES string of the molecule is COc1ccc(C2Sc3cc(Cl)ccc3N(CCCN3CCN(C(c4ccc(F)cc4)c4ccc(F)cc4)CC3)C(=O)C2OC(C)=O)cc1. The molecule has 2 heterocycles. The van der Waals surface area contributed by atoms with E-state index in [9.17, 15) is 18.4 Å². The van der Waals surface area contributed by atoms with Gasteiger partial charge in [-0.05, 0) is 84.3 Å². The molecule has 2 unspecified atom stereocenters. The van der Waals surface area contributed by atoms with Gasteiger partial charge in [0.15, 0.2) is 6.10 Å². The second kappa shape index (κ2) is 15.7. The van der Waals surface area contributed by atoms with Crippen molar-refractivity contribution in [1.82, 2.24) is 9.80 Å². The quantitative estimate of drug-likeness (QED) is 0.158. The molecule has 1 saturated heterocycles. The Morgan fingerprint density at radius 3 is 2.06 bits per heavy atom. The number of fused-ring (bicyclic) bond motifs is 1.